The first-order valence-electron chi connectivity index (χ1n) is 19.9. The average molecular weight is 848 g/mol. The maximum atomic E-state index is 13.3. The number of aromatic hydroxyl groups is 1. The molecule has 2 N–H and O–H groups in total. The van der Waals surface area contributed by atoms with Crippen LogP contribution in [0.4, 0.5) is 0 Å². The van der Waals surface area contributed by atoms with Crippen molar-refractivity contribution in [2.75, 3.05) is 6.61 Å². The van der Waals surface area contributed by atoms with Crippen LogP contribution >= 0.6 is 27.3 Å². The summed E-state index contributed by atoms with van der Waals surface area (Å²) in [5.74, 6) is 3.18. The summed E-state index contributed by atoms with van der Waals surface area (Å²) in [6, 6.07) is 26.0. The molecular formula is C46H43BrN2O7S. The van der Waals surface area contributed by atoms with E-state index in [1.165, 1.54) is 32.1 Å². The lowest BCUT2D eigenvalue weighted by Gasteiger charge is -2.39. The number of nitrogens with zero attached hydrogens (tertiary/aromatic N) is 1. The van der Waals surface area contributed by atoms with Crippen molar-refractivity contribution >= 4 is 61.0 Å². The monoisotopic (exact) mass is 846 g/mol. The maximum absolute atomic E-state index is 13.3. The van der Waals surface area contributed by atoms with Crippen molar-refractivity contribution in [1.29, 1.82) is 0 Å². The zero-order valence-electron chi connectivity index (χ0n) is 31.4. The lowest BCUT2D eigenvalue weighted by molar-refractivity contribution is -0.136. The lowest BCUT2D eigenvalue weighted by Crippen LogP contribution is -2.54. The van der Waals surface area contributed by atoms with Crippen LogP contribution in [0.3, 0.4) is 0 Å². The number of phenols is 1. The molecule has 57 heavy (non-hydrogen) atoms. The van der Waals surface area contributed by atoms with Gasteiger partial charge in [-0.1, -0.05) is 59.8 Å². The van der Waals surface area contributed by atoms with Gasteiger partial charge >= 0.3 is 0 Å². The molecule has 4 aromatic carbocycles. The van der Waals surface area contributed by atoms with Crippen LogP contribution in [0.1, 0.15) is 96.4 Å². The molecule has 5 aromatic rings. The van der Waals surface area contributed by atoms with Gasteiger partial charge in [-0.25, -0.2) is 0 Å². The number of thiophene rings is 1. The van der Waals surface area contributed by atoms with Crippen LogP contribution in [0.2, 0.25) is 0 Å². The van der Waals surface area contributed by atoms with E-state index in [0.29, 0.717) is 35.5 Å². The Bertz CT molecular complexity index is 2360. The Labute approximate surface area is 343 Å². The third kappa shape index (κ3) is 7.71. The molecule has 2 saturated carbocycles. The second kappa shape index (κ2) is 15.7. The van der Waals surface area contributed by atoms with E-state index < -0.39 is 23.8 Å². The topological polar surface area (TPSA) is 122 Å². The highest BCUT2D eigenvalue weighted by molar-refractivity contribution is 9.10. The minimum absolute atomic E-state index is 0.112. The minimum atomic E-state index is -0.941. The fraction of sp³-hybridized carbons (Fsp3) is 0.348. The number of carbonyl (C=O) groups excluding carboxylic acids is 4. The Balaban J connectivity index is 0.718. The van der Waals surface area contributed by atoms with E-state index in [1.54, 1.807) is 29.5 Å². The van der Waals surface area contributed by atoms with Gasteiger partial charge in [0.2, 0.25) is 11.8 Å². The zero-order chi connectivity index (χ0) is 39.2. The summed E-state index contributed by atoms with van der Waals surface area (Å²) in [5.41, 5.74) is 2.85. The third-order valence-corrected chi connectivity index (χ3v) is 14.1. The largest absolute Gasteiger partial charge is 0.508 e. The number of hydrogen-bond acceptors (Lipinski definition) is 8. The predicted octanol–water partition coefficient (Wildman–Crippen LogP) is 10.4. The fourth-order valence-corrected chi connectivity index (χ4v) is 10.6. The van der Waals surface area contributed by atoms with Crippen molar-refractivity contribution in [2.24, 2.45) is 17.8 Å². The van der Waals surface area contributed by atoms with Crippen molar-refractivity contribution in [3.63, 3.8) is 0 Å². The van der Waals surface area contributed by atoms with Crippen molar-refractivity contribution in [3.05, 3.63) is 106 Å². The molecule has 1 atom stereocenters. The second-order valence-electron chi connectivity index (χ2n) is 16.1. The van der Waals surface area contributed by atoms with Gasteiger partial charge in [-0.05, 0) is 134 Å². The van der Waals surface area contributed by atoms with Crippen molar-refractivity contribution in [1.82, 2.24) is 10.2 Å². The van der Waals surface area contributed by atoms with Crippen LogP contribution in [0.25, 0.3) is 20.5 Å². The van der Waals surface area contributed by atoms with Crippen LogP contribution in [0, 0.1) is 17.8 Å². The molecule has 0 bridgehead atoms. The van der Waals surface area contributed by atoms with Gasteiger partial charge in [0.05, 0.1) is 22.6 Å². The Morgan fingerprint density at radius 3 is 2.25 bits per heavy atom. The highest BCUT2D eigenvalue weighted by Gasteiger charge is 2.45. The molecule has 1 aromatic heterocycles. The summed E-state index contributed by atoms with van der Waals surface area (Å²) < 4.78 is 14.6. The summed E-state index contributed by atoms with van der Waals surface area (Å²) in [5, 5.41) is 13.3. The quantitative estimate of drug-likeness (QED) is 0.127. The van der Waals surface area contributed by atoms with E-state index in [9.17, 15) is 24.3 Å². The number of imide groups is 2. The Morgan fingerprint density at radius 2 is 1.49 bits per heavy atom. The summed E-state index contributed by atoms with van der Waals surface area (Å²) >= 11 is 5.12. The number of hydrogen-bond donors (Lipinski definition) is 2. The first-order chi connectivity index (χ1) is 27.7. The fourth-order valence-electron chi connectivity index (χ4n) is 9.19. The normalized spacial score (nSPS) is 23.3. The Kier molecular flexibility index (Phi) is 10.4. The first kappa shape index (κ1) is 37.6. The summed E-state index contributed by atoms with van der Waals surface area (Å²) in [7, 11) is 0. The minimum Gasteiger partial charge on any atom is -0.508 e. The number of benzene rings is 4. The molecule has 11 heteroatoms. The number of amides is 4. The van der Waals surface area contributed by atoms with Gasteiger partial charge in [-0.15, -0.1) is 11.3 Å². The molecule has 2 aliphatic carbocycles. The highest BCUT2D eigenvalue weighted by Crippen LogP contribution is 2.49. The molecule has 0 spiro atoms. The van der Waals surface area contributed by atoms with E-state index in [0.717, 1.165) is 77.9 Å². The number of fused-ring (bicyclic) bond motifs is 2. The molecule has 9 rings (SSSR count). The van der Waals surface area contributed by atoms with Crippen LogP contribution in [-0.2, 0) is 9.59 Å². The molecule has 1 unspecified atom stereocenters. The zero-order valence-corrected chi connectivity index (χ0v) is 33.8. The molecule has 4 amide bonds. The van der Waals surface area contributed by atoms with E-state index >= 15 is 0 Å². The molecule has 1 saturated heterocycles. The number of halogens is 1. The van der Waals surface area contributed by atoms with E-state index in [4.69, 9.17) is 9.47 Å². The molecule has 3 heterocycles. The number of rotatable bonds is 11. The maximum Gasteiger partial charge on any atom is 0.262 e. The molecule has 2 aliphatic heterocycles. The Hall–Kier alpha value is -5.00. The van der Waals surface area contributed by atoms with Gasteiger partial charge in [0.15, 0.2) is 5.75 Å². The van der Waals surface area contributed by atoms with Crippen molar-refractivity contribution in [3.8, 4) is 33.4 Å². The second-order valence-corrected chi connectivity index (χ2v) is 18.0. The van der Waals surface area contributed by atoms with Crippen LogP contribution < -0.4 is 14.8 Å². The SMILES string of the molecule is O=C1CCC(N2C(=O)c3ccc(C4CC(CC5CCC(CCOc6ccc(Oc7c(-c8ccc(Br)cc8)sc8cc(O)ccc78)cc6)CC5)C4)cc3C2=O)C(=O)N1. The number of nitrogens with one attached hydrogen (secondary N) is 1. The predicted molar refractivity (Wildman–Crippen MR) is 222 cm³/mol. The molecule has 4 aliphatic rings. The molecule has 9 nitrogen and oxygen atoms in total. The standard InChI is InChI=1S/C46H43BrN2O7S/c47-32-8-5-29(6-9-32)43-42(37-16-10-33(50)25-40(37)57-43)56-35-13-11-34(12-14-35)55-20-19-26-1-3-27(4-2-26)21-28-22-31(23-28)30-7-15-36-38(24-30)46(54)49(45(36)53)39-17-18-41(51)48-44(39)52/h5-16,24-28,31,39,50H,1-4,17-23H2,(H,48,51,52). The molecule has 292 valence electrons. The summed E-state index contributed by atoms with van der Waals surface area (Å²) in [4.78, 5) is 52.4. The van der Waals surface area contributed by atoms with Gasteiger partial charge in [-0.3, -0.25) is 29.4 Å². The number of phenolic OH excluding ortho intramolecular Hbond substituents is 1. The highest BCUT2D eigenvalue weighted by atomic mass is 79.9. The van der Waals surface area contributed by atoms with Crippen LogP contribution in [-0.4, -0.2) is 46.3 Å². The first-order valence-corrected chi connectivity index (χ1v) is 21.6. The molecule has 3 fully saturated rings. The number of ether oxygens (including phenoxy) is 2. The Morgan fingerprint density at radius 1 is 0.772 bits per heavy atom. The van der Waals surface area contributed by atoms with Gasteiger partial charge in [0.1, 0.15) is 23.3 Å². The van der Waals surface area contributed by atoms with Gasteiger partial charge in [-0.2, -0.15) is 0 Å². The number of piperidine rings is 1. The van der Waals surface area contributed by atoms with Gasteiger partial charge in [0.25, 0.3) is 11.8 Å². The molecule has 0 radical (unpaired) electrons. The van der Waals surface area contributed by atoms with Gasteiger partial charge in [0, 0.05) is 21.0 Å². The van der Waals surface area contributed by atoms with E-state index in [-0.39, 0.29) is 24.5 Å². The number of carbonyl (C=O) groups is 4. The average Bonchev–Trinajstić information content (AvgIpc) is 3.66. The summed E-state index contributed by atoms with van der Waals surface area (Å²) in [6.07, 6.45) is 9.71. The summed E-state index contributed by atoms with van der Waals surface area (Å²) in [6.45, 7) is 0.687. The van der Waals surface area contributed by atoms with E-state index in [2.05, 4.69) is 33.4 Å². The van der Waals surface area contributed by atoms with E-state index in [1.807, 2.05) is 54.6 Å². The van der Waals surface area contributed by atoms with Crippen LogP contribution in [0.15, 0.2) is 89.4 Å². The molecular weight excluding hydrogens is 804 g/mol. The van der Waals surface area contributed by atoms with Crippen molar-refractivity contribution < 1.29 is 33.8 Å². The van der Waals surface area contributed by atoms with Gasteiger partial charge < -0.3 is 14.6 Å². The lowest BCUT2D eigenvalue weighted by atomic mass is 9.66. The van der Waals surface area contributed by atoms with Crippen molar-refractivity contribution in [2.45, 2.75) is 76.2 Å². The smallest absolute Gasteiger partial charge is 0.262 e. The van der Waals surface area contributed by atoms with Crippen LogP contribution in [0.5, 0.6) is 23.0 Å². The third-order valence-electron chi connectivity index (χ3n) is 12.4.